The van der Waals surface area contributed by atoms with Gasteiger partial charge < -0.3 is 5.11 Å². The Hall–Kier alpha value is -2.04. The van der Waals surface area contributed by atoms with Gasteiger partial charge in [0.2, 0.25) is 0 Å². The zero-order chi connectivity index (χ0) is 15.4. The van der Waals surface area contributed by atoms with Gasteiger partial charge in [0.1, 0.15) is 0 Å². The van der Waals surface area contributed by atoms with Gasteiger partial charge in [0.25, 0.3) is 0 Å². The first kappa shape index (κ1) is 15.4. The van der Waals surface area contributed by atoms with Gasteiger partial charge in [-0.05, 0) is 42.8 Å². The molecule has 0 spiro atoms. The molecular formula is C14H16N4O2S. The van der Waals surface area contributed by atoms with Gasteiger partial charge >= 0.3 is 5.69 Å². The maximum atomic E-state index is 11.7. The first-order valence-corrected chi connectivity index (χ1v) is 7.43. The molecule has 2 N–H and O–H groups in total. The van der Waals surface area contributed by atoms with Crippen LogP contribution in [-0.2, 0) is 6.54 Å². The largest absolute Gasteiger partial charge is 0.389 e. The summed E-state index contributed by atoms with van der Waals surface area (Å²) in [5.74, 6) is 0. The number of benzene rings is 1. The van der Waals surface area contributed by atoms with Crippen LogP contribution >= 0.6 is 11.8 Å². The molecular weight excluding hydrogens is 288 g/mol. The monoisotopic (exact) mass is 304 g/mol. The summed E-state index contributed by atoms with van der Waals surface area (Å²) in [6, 6.07) is 7.15. The van der Waals surface area contributed by atoms with Crippen molar-refractivity contribution in [2.75, 3.05) is 0 Å². The minimum absolute atomic E-state index is 0.255. The molecule has 0 aliphatic rings. The summed E-state index contributed by atoms with van der Waals surface area (Å²) in [5.41, 5.74) is 0.953. The van der Waals surface area contributed by atoms with Crippen molar-refractivity contribution in [3.05, 3.63) is 39.8 Å². The Balaban J connectivity index is 2.43. The molecule has 21 heavy (non-hydrogen) atoms. The van der Waals surface area contributed by atoms with Crippen LogP contribution in [0.5, 0.6) is 0 Å². The van der Waals surface area contributed by atoms with E-state index in [1.807, 2.05) is 6.92 Å². The molecule has 0 radical (unpaired) electrons. The molecule has 7 heteroatoms. The van der Waals surface area contributed by atoms with E-state index < -0.39 is 6.10 Å². The van der Waals surface area contributed by atoms with Crippen molar-refractivity contribution in [1.29, 1.82) is 5.26 Å². The van der Waals surface area contributed by atoms with Crippen LogP contribution in [-0.4, -0.2) is 19.9 Å². The van der Waals surface area contributed by atoms with E-state index in [-0.39, 0.29) is 5.69 Å². The van der Waals surface area contributed by atoms with E-state index in [9.17, 15) is 9.90 Å². The van der Waals surface area contributed by atoms with E-state index in [2.05, 4.69) is 16.3 Å². The Morgan fingerprint density at radius 1 is 1.57 bits per heavy atom. The van der Waals surface area contributed by atoms with E-state index in [0.717, 1.165) is 11.3 Å². The number of nitriles is 1. The average Bonchev–Trinajstić information content (AvgIpc) is 2.80. The smallest absolute Gasteiger partial charge is 0.343 e. The highest BCUT2D eigenvalue weighted by Crippen LogP contribution is 2.32. The molecule has 6 nitrogen and oxygen atoms in total. The first-order chi connectivity index (χ1) is 10.1. The van der Waals surface area contributed by atoms with Gasteiger partial charge in [-0.15, -0.1) is 5.10 Å². The number of aromatic nitrogens is 3. The number of H-pyrrole nitrogens is 1. The Labute approximate surface area is 126 Å². The van der Waals surface area contributed by atoms with Crippen LogP contribution in [0.2, 0.25) is 0 Å². The van der Waals surface area contributed by atoms with Crippen LogP contribution < -0.4 is 5.69 Å². The van der Waals surface area contributed by atoms with Crippen LogP contribution in [0.4, 0.5) is 0 Å². The molecule has 0 bridgehead atoms. The molecule has 0 amide bonds. The number of hydrogen-bond acceptors (Lipinski definition) is 5. The first-order valence-electron chi connectivity index (χ1n) is 6.62. The van der Waals surface area contributed by atoms with Gasteiger partial charge in [0.05, 0.1) is 17.7 Å². The number of rotatable bonds is 5. The summed E-state index contributed by atoms with van der Waals surface area (Å²) >= 11 is 1.27. The predicted octanol–water partition coefficient (Wildman–Crippen LogP) is 2.06. The van der Waals surface area contributed by atoms with Crippen LogP contribution in [0.25, 0.3) is 0 Å². The number of aliphatic hydroxyl groups is 1. The van der Waals surface area contributed by atoms with Crippen molar-refractivity contribution in [2.45, 2.75) is 43.0 Å². The highest BCUT2D eigenvalue weighted by Gasteiger charge is 2.15. The summed E-state index contributed by atoms with van der Waals surface area (Å²) in [6.45, 7) is 4.21. The lowest BCUT2D eigenvalue weighted by Gasteiger charge is -2.11. The maximum Gasteiger partial charge on any atom is 0.343 e. The van der Waals surface area contributed by atoms with Crippen molar-refractivity contribution in [3.8, 4) is 6.07 Å². The molecule has 0 saturated heterocycles. The molecule has 1 atom stereocenters. The molecule has 0 saturated carbocycles. The van der Waals surface area contributed by atoms with Gasteiger partial charge in [0.15, 0.2) is 5.16 Å². The lowest BCUT2D eigenvalue weighted by Crippen LogP contribution is -2.17. The summed E-state index contributed by atoms with van der Waals surface area (Å²) in [6.07, 6.45) is 0.152. The third kappa shape index (κ3) is 3.35. The SMILES string of the molecule is CCCn1c(Sc2cc(C#N)ccc2C(C)O)n[nH]c1=O. The third-order valence-electron chi connectivity index (χ3n) is 2.96. The number of nitrogens with zero attached hydrogens (tertiary/aromatic N) is 3. The summed E-state index contributed by atoms with van der Waals surface area (Å²) in [4.78, 5) is 12.4. The normalized spacial score (nSPS) is 12.1. The molecule has 0 aliphatic heterocycles. The number of hydrogen-bond donors (Lipinski definition) is 2. The summed E-state index contributed by atoms with van der Waals surface area (Å²) in [5, 5.41) is 25.8. The molecule has 0 aliphatic carbocycles. The summed E-state index contributed by atoms with van der Waals surface area (Å²) in [7, 11) is 0. The van der Waals surface area contributed by atoms with Crippen LogP contribution in [0.3, 0.4) is 0 Å². The minimum Gasteiger partial charge on any atom is -0.389 e. The highest BCUT2D eigenvalue weighted by molar-refractivity contribution is 7.99. The quantitative estimate of drug-likeness (QED) is 0.881. The van der Waals surface area contributed by atoms with Crippen LogP contribution in [0.1, 0.15) is 37.5 Å². The van der Waals surface area contributed by atoms with E-state index >= 15 is 0 Å². The lowest BCUT2D eigenvalue weighted by atomic mass is 10.1. The average molecular weight is 304 g/mol. The molecule has 0 fully saturated rings. The van der Waals surface area contributed by atoms with Crippen LogP contribution in [0.15, 0.2) is 33.0 Å². The molecule has 1 aromatic carbocycles. The van der Waals surface area contributed by atoms with Gasteiger partial charge in [-0.1, -0.05) is 13.0 Å². The van der Waals surface area contributed by atoms with E-state index in [0.29, 0.717) is 22.8 Å². The number of aliphatic hydroxyl groups excluding tert-OH is 1. The van der Waals surface area contributed by atoms with Gasteiger partial charge in [0, 0.05) is 11.4 Å². The Bertz CT molecular complexity index is 727. The fraction of sp³-hybridized carbons (Fsp3) is 0.357. The molecule has 1 aromatic heterocycles. The number of nitrogens with one attached hydrogen (secondary N) is 1. The van der Waals surface area contributed by atoms with Crippen molar-refractivity contribution in [1.82, 2.24) is 14.8 Å². The third-order valence-corrected chi connectivity index (χ3v) is 4.03. The van der Waals surface area contributed by atoms with E-state index in [1.54, 1.807) is 29.7 Å². The summed E-state index contributed by atoms with van der Waals surface area (Å²) < 4.78 is 1.55. The standard InChI is InChI=1S/C14H16N4O2S/c1-3-6-18-13(20)16-17-14(18)21-12-7-10(8-15)4-5-11(12)9(2)19/h4-5,7,9,19H,3,6H2,1-2H3,(H,16,20). The minimum atomic E-state index is -0.662. The molecule has 110 valence electrons. The Kier molecular flexibility index (Phi) is 4.83. The zero-order valence-electron chi connectivity index (χ0n) is 11.8. The number of aromatic amines is 1. The van der Waals surface area contributed by atoms with Crippen molar-refractivity contribution < 1.29 is 5.11 Å². The second-order valence-electron chi connectivity index (χ2n) is 4.61. The van der Waals surface area contributed by atoms with Crippen LogP contribution in [0, 0.1) is 11.3 Å². The van der Waals surface area contributed by atoms with Crippen molar-refractivity contribution in [2.24, 2.45) is 0 Å². The lowest BCUT2D eigenvalue weighted by molar-refractivity contribution is 0.196. The predicted molar refractivity (Wildman–Crippen MR) is 79.1 cm³/mol. The fourth-order valence-corrected chi connectivity index (χ4v) is 3.05. The topological polar surface area (TPSA) is 94.7 Å². The van der Waals surface area contributed by atoms with Gasteiger partial charge in [-0.2, -0.15) is 5.26 Å². The zero-order valence-corrected chi connectivity index (χ0v) is 12.6. The second-order valence-corrected chi connectivity index (χ2v) is 5.61. The molecule has 1 heterocycles. The Morgan fingerprint density at radius 2 is 2.33 bits per heavy atom. The van der Waals surface area contributed by atoms with Gasteiger partial charge in [-0.3, -0.25) is 4.57 Å². The molecule has 1 unspecified atom stereocenters. The molecule has 2 rings (SSSR count). The van der Waals surface area contributed by atoms with Gasteiger partial charge in [-0.25, -0.2) is 9.89 Å². The molecule has 2 aromatic rings. The highest BCUT2D eigenvalue weighted by atomic mass is 32.2. The second kappa shape index (κ2) is 6.61. The maximum absolute atomic E-state index is 11.7. The van der Waals surface area contributed by atoms with E-state index in [4.69, 9.17) is 5.26 Å². The van der Waals surface area contributed by atoms with Crippen molar-refractivity contribution in [3.63, 3.8) is 0 Å². The fourth-order valence-electron chi connectivity index (χ4n) is 1.94. The van der Waals surface area contributed by atoms with E-state index in [1.165, 1.54) is 11.8 Å². The Morgan fingerprint density at radius 3 is 2.95 bits per heavy atom. The van der Waals surface area contributed by atoms with Crippen molar-refractivity contribution >= 4 is 11.8 Å².